The number of hydrogen-bond donors (Lipinski definition) is 1. The molecule has 2 rings (SSSR count). The number of halogens is 1. The second-order valence-corrected chi connectivity index (χ2v) is 6.48. The third-order valence-electron chi connectivity index (χ3n) is 3.93. The Morgan fingerprint density at radius 1 is 1.08 bits per heavy atom. The number of esters is 1. The molecule has 0 aliphatic rings. The zero-order chi connectivity index (χ0) is 19.1. The van der Waals surface area contributed by atoms with Crippen molar-refractivity contribution in [1.29, 1.82) is 0 Å². The predicted molar refractivity (Wildman–Crippen MR) is 100 cm³/mol. The van der Waals surface area contributed by atoms with E-state index in [0.29, 0.717) is 10.8 Å². The highest BCUT2D eigenvalue weighted by Gasteiger charge is 2.13. The van der Waals surface area contributed by atoms with Gasteiger partial charge in [-0.05, 0) is 55.7 Å². The summed E-state index contributed by atoms with van der Waals surface area (Å²) in [5.74, 6) is -0.534. The van der Waals surface area contributed by atoms with Crippen molar-refractivity contribution in [3.8, 4) is 5.75 Å². The van der Waals surface area contributed by atoms with Crippen LogP contribution < -0.4 is 10.1 Å². The molecule has 0 heterocycles. The van der Waals surface area contributed by atoms with Crippen molar-refractivity contribution < 1.29 is 19.1 Å². The lowest BCUT2D eigenvalue weighted by Crippen LogP contribution is -2.32. The number of carbonyl (C=O) groups excluding carboxylic acids is 2. The van der Waals surface area contributed by atoms with Gasteiger partial charge in [-0.3, -0.25) is 4.79 Å². The van der Waals surface area contributed by atoms with E-state index in [1.807, 2.05) is 39.0 Å². The second-order valence-electron chi connectivity index (χ2n) is 6.04. The molecule has 0 bridgehead atoms. The average molecular weight is 376 g/mol. The standard InChI is InChI=1S/C20H22ClNO4/c1-13-7-8-16(9-14(13)2)15(3)22-19(23)11-26-20(24)12-25-18-6-4-5-17(21)10-18/h4-10,15H,11-12H2,1-3H3,(H,22,23)/t15-/m1/s1. The van der Waals surface area contributed by atoms with Crippen LogP contribution in [0.25, 0.3) is 0 Å². The van der Waals surface area contributed by atoms with Crippen molar-refractivity contribution >= 4 is 23.5 Å². The van der Waals surface area contributed by atoms with Crippen LogP contribution >= 0.6 is 11.6 Å². The fraction of sp³-hybridized carbons (Fsp3) is 0.300. The molecule has 138 valence electrons. The van der Waals surface area contributed by atoms with Gasteiger partial charge in [0.1, 0.15) is 5.75 Å². The number of aryl methyl sites for hydroxylation is 2. The molecule has 0 aromatic heterocycles. The molecule has 0 saturated carbocycles. The van der Waals surface area contributed by atoms with Gasteiger partial charge in [-0.25, -0.2) is 4.79 Å². The van der Waals surface area contributed by atoms with Crippen LogP contribution in [0.2, 0.25) is 5.02 Å². The maximum Gasteiger partial charge on any atom is 0.344 e. The number of amides is 1. The van der Waals surface area contributed by atoms with Gasteiger partial charge >= 0.3 is 5.97 Å². The molecule has 2 aromatic carbocycles. The van der Waals surface area contributed by atoms with E-state index < -0.39 is 5.97 Å². The van der Waals surface area contributed by atoms with Crippen LogP contribution in [0.4, 0.5) is 0 Å². The summed E-state index contributed by atoms with van der Waals surface area (Å²) in [6, 6.07) is 12.5. The summed E-state index contributed by atoms with van der Waals surface area (Å²) in [7, 11) is 0. The quantitative estimate of drug-likeness (QED) is 0.748. The van der Waals surface area contributed by atoms with Gasteiger partial charge in [0.15, 0.2) is 13.2 Å². The van der Waals surface area contributed by atoms with Gasteiger partial charge in [-0.1, -0.05) is 35.9 Å². The average Bonchev–Trinajstić information content (AvgIpc) is 2.60. The molecule has 2 aromatic rings. The Kier molecular flexibility index (Phi) is 7.04. The van der Waals surface area contributed by atoms with Crippen LogP contribution in [0, 0.1) is 13.8 Å². The van der Waals surface area contributed by atoms with Gasteiger partial charge in [-0.15, -0.1) is 0 Å². The Morgan fingerprint density at radius 3 is 2.54 bits per heavy atom. The number of ether oxygens (including phenoxy) is 2. The van der Waals surface area contributed by atoms with Crippen LogP contribution in [0.1, 0.15) is 29.7 Å². The second kappa shape index (κ2) is 9.25. The Labute approximate surface area is 158 Å². The number of rotatable bonds is 7. The van der Waals surface area contributed by atoms with Crippen molar-refractivity contribution in [2.45, 2.75) is 26.8 Å². The van der Waals surface area contributed by atoms with E-state index in [-0.39, 0.29) is 25.2 Å². The minimum Gasteiger partial charge on any atom is -0.482 e. The Morgan fingerprint density at radius 2 is 1.85 bits per heavy atom. The summed E-state index contributed by atoms with van der Waals surface area (Å²) in [6.45, 7) is 5.29. The summed E-state index contributed by atoms with van der Waals surface area (Å²) < 4.78 is 10.2. The van der Waals surface area contributed by atoms with Gasteiger partial charge in [0.25, 0.3) is 5.91 Å². The van der Waals surface area contributed by atoms with Crippen LogP contribution in [0.3, 0.4) is 0 Å². The van der Waals surface area contributed by atoms with Crippen LogP contribution in [0.15, 0.2) is 42.5 Å². The van der Waals surface area contributed by atoms with Crippen LogP contribution in [0.5, 0.6) is 5.75 Å². The smallest absolute Gasteiger partial charge is 0.344 e. The minimum atomic E-state index is -0.626. The maximum atomic E-state index is 12.0. The largest absolute Gasteiger partial charge is 0.482 e. The first-order valence-corrected chi connectivity index (χ1v) is 8.63. The summed E-state index contributed by atoms with van der Waals surface area (Å²) in [5, 5.41) is 3.31. The minimum absolute atomic E-state index is 0.178. The molecular weight excluding hydrogens is 354 g/mol. The van der Waals surface area contributed by atoms with Crippen molar-refractivity contribution in [1.82, 2.24) is 5.32 Å². The topological polar surface area (TPSA) is 64.6 Å². The highest BCUT2D eigenvalue weighted by atomic mass is 35.5. The van der Waals surface area contributed by atoms with E-state index in [2.05, 4.69) is 5.32 Å². The summed E-state index contributed by atoms with van der Waals surface area (Å²) in [4.78, 5) is 23.6. The molecule has 26 heavy (non-hydrogen) atoms. The molecule has 1 amide bonds. The normalized spacial score (nSPS) is 11.5. The zero-order valence-electron chi connectivity index (χ0n) is 15.0. The predicted octanol–water partition coefficient (Wildman–Crippen LogP) is 3.76. The molecule has 0 fully saturated rings. The monoisotopic (exact) mass is 375 g/mol. The molecular formula is C20H22ClNO4. The zero-order valence-corrected chi connectivity index (χ0v) is 15.8. The molecule has 0 spiro atoms. The van der Waals surface area contributed by atoms with Gasteiger partial charge in [0.05, 0.1) is 6.04 Å². The first-order chi connectivity index (χ1) is 12.3. The fourth-order valence-electron chi connectivity index (χ4n) is 2.29. The van der Waals surface area contributed by atoms with E-state index in [0.717, 1.165) is 11.1 Å². The number of benzene rings is 2. The summed E-state index contributed by atoms with van der Waals surface area (Å²) in [5.41, 5.74) is 3.35. The van der Waals surface area contributed by atoms with Crippen molar-refractivity contribution in [3.63, 3.8) is 0 Å². The van der Waals surface area contributed by atoms with Gasteiger partial charge in [-0.2, -0.15) is 0 Å². The van der Waals surface area contributed by atoms with E-state index in [9.17, 15) is 9.59 Å². The first-order valence-electron chi connectivity index (χ1n) is 8.25. The highest BCUT2D eigenvalue weighted by Crippen LogP contribution is 2.17. The van der Waals surface area contributed by atoms with Crippen LogP contribution in [-0.4, -0.2) is 25.1 Å². The molecule has 0 aliphatic carbocycles. The lowest BCUT2D eigenvalue weighted by Gasteiger charge is -2.16. The third kappa shape index (κ3) is 6.08. The van der Waals surface area contributed by atoms with Gasteiger partial charge in [0, 0.05) is 5.02 Å². The van der Waals surface area contributed by atoms with Gasteiger partial charge < -0.3 is 14.8 Å². The first kappa shape index (κ1) is 19.8. The van der Waals surface area contributed by atoms with E-state index >= 15 is 0 Å². The molecule has 6 heteroatoms. The van der Waals surface area contributed by atoms with E-state index in [1.165, 1.54) is 5.56 Å². The molecule has 5 nitrogen and oxygen atoms in total. The number of nitrogens with one attached hydrogen (secondary N) is 1. The maximum absolute atomic E-state index is 12.0. The number of hydrogen-bond acceptors (Lipinski definition) is 4. The lowest BCUT2D eigenvalue weighted by molar-refractivity contribution is -0.150. The molecule has 0 unspecified atom stereocenters. The summed E-state index contributed by atoms with van der Waals surface area (Å²) in [6.07, 6.45) is 0. The Hall–Kier alpha value is -2.53. The van der Waals surface area contributed by atoms with Crippen molar-refractivity contribution in [3.05, 3.63) is 64.2 Å². The summed E-state index contributed by atoms with van der Waals surface area (Å²) >= 11 is 5.83. The van der Waals surface area contributed by atoms with E-state index in [4.69, 9.17) is 21.1 Å². The molecule has 1 atom stereocenters. The molecule has 0 saturated heterocycles. The third-order valence-corrected chi connectivity index (χ3v) is 4.16. The molecule has 0 aliphatic heterocycles. The molecule has 1 N–H and O–H groups in total. The molecule has 0 radical (unpaired) electrons. The number of carbonyl (C=O) groups is 2. The Balaban J connectivity index is 1.75. The van der Waals surface area contributed by atoms with Crippen molar-refractivity contribution in [2.24, 2.45) is 0 Å². The van der Waals surface area contributed by atoms with Gasteiger partial charge in [0.2, 0.25) is 0 Å². The fourth-order valence-corrected chi connectivity index (χ4v) is 2.47. The lowest BCUT2D eigenvalue weighted by atomic mass is 10.0. The van der Waals surface area contributed by atoms with Crippen molar-refractivity contribution in [2.75, 3.05) is 13.2 Å². The van der Waals surface area contributed by atoms with E-state index in [1.54, 1.807) is 24.3 Å². The SMILES string of the molecule is Cc1ccc([C@@H](C)NC(=O)COC(=O)COc2cccc(Cl)c2)cc1C. The Bertz CT molecular complexity index is 791. The highest BCUT2D eigenvalue weighted by molar-refractivity contribution is 6.30. The van der Waals surface area contributed by atoms with Crippen LogP contribution in [-0.2, 0) is 14.3 Å².